The lowest BCUT2D eigenvalue weighted by Gasteiger charge is -2.19. The van der Waals surface area contributed by atoms with Gasteiger partial charge in [-0.05, 0) is 42.3 Å². The highest BCUT2D eigenvalue weighted by atomic mass is 16.6. The number of methoxy groups -OCH3 is 1. The summed E-state index contributed by atoms with van der Waals surface area (Å²) in [5, 5.41) is 3.17. The largest absolute Gasteiger partial charge is 0.496 e. The van der Waals surface area contributed by atoms with Gasteiger partial charge in [0.05, 0.1) is 18.4 Å². The molecular weight excluding hydrogens is 432 g/mol. The van der Waals surface area contributed by atoms with Crippen LogP contribution in [0.1, 0.15) is 18.1 Å². The van der Waals surface area contributed by atoms with Gasteiger partial charge >= 0.3 is 0 Å². The van der Waals surface area contributed by atoms with Gasteiger partial charge in [-0.25, -0.2) is 4.90 Å². The number of hydrogen-bond donors (Lipinski definition) is 1. The Kier molecular flexibility index (Phi) is 5.67. The maximum Gasteiger partial charge on any atom is 0.282 e. The maximum atomic E-state index is 13.7. The second-order valence-corrected chi connectivity index (χ2v) is 7.90. The summed E-state index contributed by atoms with van der Waals surface area (Å²) >= 11 is 0. The molecule has 0 unspecified atom stereocenters. The number of imide groups is 1. The van der Waals surface area contributed by atoms with Crippen LogP contribution in [0.5, 0.6) is 17.2 Å². The number of nitrogens with zero attached hydrogens (tertiary/aromatic N) is 1. The Bertz CT molecular complexity index is 1300. The smallest absolute Gasteiger partial charge is 0.282 e. The van der Waals surface area contributed by atoms with E-state index in [1.54, 1.807) is 42.5 Å². The van der Waals surface area contributed by atoms with Gasteiger partial charge in [0.15, 0.2) is 11.5 Å². The molecule has 0 bridgehead atoms. The van der Waals surface area contributed by atoms with E-state index < -0.39 is 11.8 Å². The van der Waals surface area contributed by atoms with Crippen molar-refractivity contribution < 1.29 is 23.8 Å². The van der Waals surface area contributed by atoms with Crippen LogP contribution < -0.4 is 24.4 Å². The normalized spacial score (nSPS) is 15.1. The summed E-state index contributed by atoms with van der Waals surface area (Å²) in [7, 11) is 1.54. The predicted octanol–water partition coefficient (Wildman–Crippen LogP) is 4.43. The van der Waals surface area contributed by atoms with Crippen LogP contribution in [0.4, 0.5) is 11.4 Å². The molecule has 0 saturated carbocycles. The standard InChI is InChI=1S/C27H24N2O5/c1-3-17-8-11-19(12-9-17)29-26(30)24(20-6-4-5-7-21(20)32-2)25(27(29)31)28-18-10-13-22-23(16-18)34-15-14-33-22/h4-13,16,28H,3,14-15H2,1-2H3. The minimum absolute atomic E-state index is 0.172. The minimum atomic E-state index is -0.440. The Labute approximate surface area is 197 Å². The fourth-order valence-corrected chi connectivity index (χ4v) is 4.13. The molecule has 0 radical (unpaired) electrons. The molecule has 0 fully saturated rings. The number of hydrogen-bond acceptors (Lipinski definition) is 6. The molecule has 2 aliphatic heterocycles. The molecule has 7 heteroatoms. The first-order chi connectivity index (χ1) is 16.6. The van der Waals surface area contributed by atoms with Gasteiger partial charge in [-0.1, -0.05) is 37.3 Å². The van der Waals surface area contributed by atoms with Crippen LogP contribution in [0.3, 0.4) is 0 Å². The zero-order valence-corrected chi connectivity index (χ0v) is 19.0. The number of amides is 2. The summed E-state index contributed by atoms with van der Waals surface area (Å²) < 4.78 is 16.8. The van der Waals surface area contributed by atoms with E-state index in [0.717, 1.165) is 12.0 Å². The predicted molar refractivity (Wildman–Crippen MR) is 129 cm³/mol. The number of rotatable bonds is 6. The van der Waals surface area contributed by atoms with Crippen LogP contribution in [0.2, 0.25) is 0 Å². The van der Waals surface area contributed by atoms with Crippen molar-refractivity contribution >= 4 is 28.8 Å². The summed E-state index contributed by atoms with van der Waals surface area (Å²) in [6.07, 6.45) is 0.865. The van der Waals surface area contributed by atoms with Crippen LogP contribution >= 0.6 is 0 Å². The second kappa shape index (κ2) is 8.94. The molecule has 0 saturated heterocycles. The Hall–Kier alpha value is -4.26. The topological polar surface area (TPSA) is 77.1 Å². The fourth-order valence-electron chi connectivity index (χ4n) is 4.13. The monoisotopic (exact) mass is 456 g/mol. The Balaban J connectivity index is 1.59. The van der Waals surface area contributed by atoms with Gasteiger partial charge in [0, 0.05) is 17.3 Å². The van der Waals surface area contributed by atoms with Crippen LogP contribution in [0, 0.1) is 0 Å². The van der Waals surface area contributed by atoms with Gasteiger partial charge in [-0.3, -0.25) is 9.59 Å². The lowest BCUT2D eigenvalue weighted by molar-refractivity contribution is -0.120. The highest BCUT2D eigenvalue weighted by Gasteiger charge is 2.41. The van der Waals surface area contributed by atoms with Gasteiger partial charge in [0.25, 0.3) is 11.8 Å². The third-order valence-corrected chi connectivity index (χ3v) is 5.87. The van der Waals surface area contributed by atoms with Gasteiger partial charge < -0.3 is 19.5 Å². The molecule has 3 aromatic carbocycles. The van der Waals surface area contributed by atoms with Crippen LogP contribution in [-0.2, 0) is 16.0 Å². The van der Waals surface area contributed by atoms with Gasteiger partial charge in [0.2, 0.25) is 0 Å². The third-order valence-electron chi connectivity index (χ3n) is 5.87. The summed E-state index contributed by atoms with van der Waals surface area (Å²) in [6.45, 7) is 2.99. The van der Waals surface area contributed by atoms with Crippen molar-refractivity contribution in [1.29, 1.82) is 0 Å². The van der Waals surface area contributed by atoms with Crippen molar-refractivity contribution in [3.63, 3.8) is 0 Å². The molecule has 3 aromatic rings. The van der Waals surface area contributed by atoms with E-state index in [9.17, 15) is 9.59 Å². The van der Waals surface area contributed by atoms with E-state index in [2.05, 4.69) is 12.2 Å². The molecule has 34 heavy (non-hydrogen) atoms. The average Bonchev–Trinajstić information content (AvgIpc) is 3.12. The van der Waals surface area contributed by atoms with Crippen LogP contribution in [-0.4, -0.2) is 32.1 Å². The average molecular weight is 456 g/mol. The van der Waals surface area contributed by atoms with E-state index in [0.29, 0.717) is 47.4 Å². The molecule has 0 atom stereocenters. The van der Waals surface area contributed by atoms with Crippen LogP contribution in [0.15, 0.2) is 72.4 Å². The van der Waals surface area contributed by atoms with E-state index in [4.69, 9.17) is 14.2 Å². The number of para-hydroxylation sites is 1. The number of nitrogens with one attached hydrogen (secondary N) is 1. The lowest BCUT2D eigenvalue weighted by atomic mass is 10.0. The highest BCUT2D eigenvalue weighted by molar-refractivity contribution is 6.46. The SMILES string of the molecule is CCc1ccc(N2C(=O)C(Nc3ccc4c(c3)OCCO4)=C(c3ccccc3OC)C2=O)cc1. The first kappa shape index (κ1) is 21.6. The van der Waals surface area contributed by atoms with Gasteiger partial charge in [0.1, 0.15) is 24.7 Å². The molecule has 5 rings (SSSR count). The number of carbonyl (C=O) groups is 2. The zero-order chi connectivity index (χ0) is 23.7. The molecule has 7 nitrogen and oxygen atoms in total. The van der Waals surface area contributed by atoms with Crippen molar-refractivity contribution in [1.82, 2.24) is 0 Å². The molecule has 0 aromatic heterocycles. The second-order valence-electron chi connectivity index (χ2n) is 7.90. The maximum absolute atomic E-state index is 13.7. The minimum Gasteiger partial charge on any atom is -0.496 e. The van der Waals surface area contributed by atoms with Crippen molar-refractivity contribution in [3.8, 4) is 17.2 Å². The van der Waals surface area contributed by atoms with Crippen LogP contribution in [0.25, 0.3) is 5.57 Å². The zero-order valence-electron chi connectivity index (χ0n) is 19.0. The Morgan fingerprint density at radius 1 is 0.912 bits per heavy atom. The van der Waals surface area contributed by atoms with Crippen molar-refractivity contribution in [3.05, 3.63) is 83.6 Å². The van der Waals surface area contributed by atoms with Crippen molar-refractivity contribution in [2.75, 3.05) is 30.5 Å². The van der Waals surface area contributed by atoms with Crippen molar-refractivity contribution in [2.45, 2.75) is 13.3 Å². The number of carbonyl (C=O) groups excluding carboxylic acids is 2. The lowest BCUT2D eigenvalue weighted by Crippen LogP contribution is -2.32. The Morgan fingerprint density at radius 3 is 2.38 bits per heavy atom. The highest BCUT2D eigenvalue weighted by Crippen LogP contribution is 2.39. The summed E-state index contributed by atoms with van der Waals surface area (Å²) in [5.74, 6) is 0.869. The van der Waals surface area contributed by atoms with E-state index in [1.165, 1.54) is 12.0 Å². The molecule has 2 aliphatic rings. The first-order valence-corrected chi connectivity index (χ1v) is 11.1. The van der Waals surface area contributed by atoms with E-state index in [-0.39, 0.29) is 11.3 Å². The fraction of sp³-hybridized carbons (Fsp3) is 0.185. The number of ether oxygens (including phenoxy) is 3. The molecule has 0 aliphatic carbocycles. The van der Waals surface area contributed by atoms with Gasteiger partial charge in [-0.2, -0.15) is 0 Å². The summed E-state index contributed by atoms with van der Waals surface area (Å²) in [5.41, 5.74) is 3.20. The Morgan fingerprint density at radius 2 is 1.65 bits per heavy atom. The number of aryl methyl sites for hydroxylation is 1. The number of anilines is 2. The summed E-state index contributed by atoms with van der Waals surface area (Å²) in [4.78, 5) is 28.5. The molecule has 2 heterocycles. The number of benzene rings is 3. The first-order valence-electron chi connectivity index (χ1n) is 11.1. The molecule has 1 N–H and O–H groups in total. The summed E-state index contributed by atoms with van der Waals surface area (Å²) in [6, 6.07) is 19.9. The van der Waals surface area contributed by atoms with E-state index in [1.807, 2.05) is 24.3 Å². The number of fused-ring (bicyclic) bond motifs is 1. The van der Waals surface area contributed by atoms with Crippen molar-refractivity contribution in [2.24, 2.45) is 0 Å². The molecule has 2 amide bonds. The molecular formula is C27H24N2O5. The molecule has 172 valence electrons. The van der Waals surface area contributed by atoms with Gasteiger partial charge in [-0.15, -0.1) is 0 Å². The molecule has 0 spiro atoms. The van der Waals surface area contributed by atoms with E-state index >= 15 is 0 Å². The third kappa shape index (κ3) is 3.75. The quantitative estimate of drug-likeness (QED) is 0.553.